The smallest absolute Gasteiger partial charge is 0.0224 e. The van der Waals surface area contributed by atoms with Crippen LogP contribution in [-0.4, -0.2) is 124 Å². The Kier molecular flexibility index (Phi) is 17.3. The van der Waals surface area contributed by atoms with Crippen molar-refractivity contribution in [1.29, 1.82) is 0 Å². The number of likely N-dealkylation sites (N-methyl/N-ethyl adjacent to an activating group) is 1. The number of hydrogen-bond donors (Lipinski definition) is 0. The van der Waals surface area contributed by atoms with Crippen molar-refractivity contribution in [2.75, 3.05) is 93.6 Å². The summed E-state index contributed by atoms with van der Waals surface area (Å²) in [4.78, 5) is 12.7. The van der Waals surface area contributed by atoms with E-state index in [0.717, 1.165) is 41.0 Å². The van der Waals surface area contributed by atoms with Gasteiger partial charge in [-0.05, 0) is 153 Å². The molecule has 3 aliphatic carbocycles. The molecule has 5 unspecified atom stereocenters. The van der Waals surface area contributed by atoms with Crippen molar-refractivity contribution >= 4 is 0 Å². The lowest BCUT2D eigenvalue weighted by molar-refractivity contribution is 0.0690. The van der Waals surface area contributed by atoms with Crippen molar-refractivity contribution in [3.63, 3.8) is 0 Å². The van der Waals surface area contributed by atoms with Crippen LogP contribution in [0.1, 0.15) is 136 Å². The number of piperazine rings is 1. The van der Waals surface area contributed by atoms with Crippen LogP contribution < -0.4 is 0 Å². The summed E-state index contributed by atoms with van der Waals surface area (Å²) in [5.74, 6) is 5.22. The third kappa shape index (κ3) is 13.5. The van der Waals surface area contributed by atoms with Crippen molar-refractivity contribution in [3.8, 4) is 0 Å². The Morgan fingerprint density at radius 2 is 1.15 bits per heavy atom. The SMILES string of the molecule is CC1CC2CC(C1)CN(C)C2.CCC.CN1CCC2CCCCC2C1.CN1CCCC2(CCCCC2)C1.CN1CCN2CCCC2C1. The Hall–Kier alpha value is -0.200. The first-order valence-electron chi connectivity index (χ1n) is 21.2. The van der Waals surface area contributed by atoms with E-state index in [-0.39, 0.29) is 0 Å². The molecular formula is C42H83N5. The van der Waals surface area contributed by atoms with Crippen LogP contribution >= 0.6 is 0 Å². The maximum atomic E-state index is 2.64. The Morgan fingerprint density at radius 1 is 0.511 bits per heavy atom. The predicted molar refractivity (Wildman–Crippen MR) is 205 cm³/mol. The van der Waals surface area contributed by atoms with Gasteiger partial charge in [0.15, 0.2) is 0 Å². The van der Waals surface area contributed by atoms with Gasteiger partial charge in [-0.2, -0.15) is 0 Å². The van der Waals surface area contributed by atoms with Gasteiger partial charge in [0.25, 0.3) is 0 Å². The van der Waals surface area contributed by atoms with Gasteiger partial charge in [0, 0.05) is 51.9 Å². The maximum absolute atomic E-state index is 2.64. The van der Waals surface area contributed by atoms with Gasteiger partial charge in [0.2, 0.25) is 0 Å². The van der Waals surface area contributed by atoms with E-state index in [4.69, 9.17) is 0 Å². The molecule has 0 aromatic rings. The van der Waals surface area contributed by atoms with Crippen LogP contribution in [0.5, 0.6) is 0 Å². The first-order valence-corrected chi connectivity index (χ1v) is 21.2. The molecule has 276 valence electrons. The number of fused-ring (bicyclic) bond motifs is 4. The minimum Gasteiger partial charge on any atom is -0.306 e. The molecule has 8 fully saturated rings. The molecule has 47 heavy (non-hydrogen) atoms. The van der Waals surface area contributed by atoms with Gasteiger partial charge >= 0.3 is 0 Å². The largest absolute Gasteiger partial charge is 0.306 e. The molecule has 0 aromatic heterocycles. The normalized spacial score (nSPS) is 36.1. The van der Waals surface area contributed by atoms with Crippen molar-refractivity contribution in [2.45, 2.75) is 142 Å². The van der Waals surface area contributed by atoms with Crippen LogP contribution in [0.25, 0.3) is 0 Å². The fraction of sp³-hybridized carbons (Fsp3) is 1.00. The molecular weight excluding hydrogens is 574 g/mol. The number of piperidine rings is 3. The van der Waals surface area contributed by atoms with E-state index in [1.807, 2.05) is 0 Å². The van der Waals surface area contributed by atoms with E-state index in [1.165, 1.54) is 181 Å². The Bertz CT molecular complexity index is 789. The third-order valence-corrected chi connectivity index (χ3v) is 13.3. The molecule has 0 aromatic carbocycles. The monoisotopic (exact) mass is 658 g/mol. The molecule has 2 bridgehead atoms. The quantitative estimate of drug-likeness (QED) is 0.259. The summed E-state index contributed by atoms with van der Waals surface area (Å²) in [5, 5.41) is 0. The van der Waals surface area contributed by atoms with Crippen LogP contribution in [0, 0.1) is 35.0 Å². The molecule has 8 aliphatic rings. The fourth-order valence-electron chi connectivity index (χ4n) is 11.2. The molecule has 5 saturated heterocycles. The minimum absolute atomic E-state index is 0.755. The second-order valence-electron chi connectivity index (χ2n) is 18.3. The van der Waals surface area contributed by atoms with Crippen molar-refractivity contribution in [3.05, 3.63) is 0 Å². The van der Waals surface area contributed by atoms with Crippen LogP contribution in [0.3, 0.4) is 0 Å². The van der Waals surface area contributed by atoms with Crippen LogP contribution in [0.4, 0.5) is 0 Å². The average molecular weight is 658 g/mol. The number of rotatable bonds is 0. The number of likely N-dealkylation sites (tertiary alicyclic amines) is 3. The summed E-state index contributed by atoms with van der Waals surface area (Å²) in [6.45, 7) is 20.1. The van der Waals surface area contributed by atoms with E-state index in [2.05, 4.69) is 73.5 Å². The van der Waals surface area contributed by atoms with Gasteiger partial charge in [-0.3, -0.25) is 4.90 Å². The van der Waals surface area contributed by atoms with E-state index in [0.29, 0.717) is 0 Å². The standard InChI is InChI=1S/C11H21N.2C10H19N.C8H16N2.C3H8/c1-12-9-5-8-11(10-12)6-3-2-4-7-11;1-8-3-9-5-10(4-8)7-11(2)6-9;1-11-7-6-9-4-2-3-5-10(9)8-11;1-9-5-6-10-4-2-3-8(10)7-9;1-3-2/h2-10H2,1H3;8-10H,3-7H2,1-2H3;9-10H,2-8H2,1H3;8H,2-7H2,1H3;3H2,1-2H3. The highest BCUT2D eigenvalue weighted by atomic mass is 15.3. The first kappa shape index (κ1) is 39.6. The summed E-state index contributed by atoms with van der Waals surface area (Å²) >= 11 is 0. The number of hydrogen-bond acceptors (Lipinski definition) is 5. The zero-order valence-electron chi connectivity index (χ0n) is 33.0. The van der Waals surface area contributed by atoms with Gasteiger partial charge < -0.3 is 19.6 Å². The summed E-state index contributed by atoms with van der Waals surface area (Å²) in [6.07, 6.45) is 26.6. The Labute approximate surface area is 294 Å². The summed E-state index contributed by atoms with van der Waals surface area (Å²) in [5.41, 5.74) is 0.755. The molecule has 5 heteroatoms. The van der Waals surface area contributed by atoms with Gasteiger partial charge in [0.1, 0.15) is 0 Å². The van der Waals surface area contributed by atoms with Crippen molar-refractivity contribution in [2.24, 2.45) is 35.0 Å². The first-order chi connectivity index (χ1) is 22.7. The van der Waals surface area contributed by atoms with Gasteiger partial charge in [-0.25, -0.2) is 0 Å². The molecule has 8 rings (SSSR count). The van der Waals surface area contributed by atoms with E-state index in [9.17, 15) is 0 Å². The molecule has 0 radical (unpaired) electrons. The zero-order chi connectivity index (χ0) is 33.6. The lowest BCUT2D eigenvalue weighted by Crippen LogP contribution is -2.48. The highest BCUT2D eigenvalue weighted by Gasteiger charge is 2.35. The molecule has 5 heterocycles. The summed E-state index contributed by atoms with van der Waals surface area (Å²) < 4.78 is 0. The van der Waals surface area contributed by atoms with Crippen LogP contribution in [-0.2, 0) is 0 Å². The van der Waals surface area contributed by atoms with Crippen LogP contribution in [0.2, 0.25) is 0 Å². The maximum Gasteiger partial charge on any atom is 0.0224 e. The van der Waals surface area contributed by atoms with Crippen molar-refractivity contribution in [1.82, 2.24) is 24.5 Å². The fourth-order valence-corrected chi connectivity index (χ4v) is 11.2. The molecule has 1 spiro atoms. The lowest BCUT2D eigenvalue weighted by atomic mass is 9.69. The Balaban J connectivity index is 0.000000138. The molecule has 0 N–H and O–H groups in total. The number of nitrogens with zero attached hydrogens (tertiary/aromatic N) is 5. The second kappa shape index (κ2) is 20.6. The second-order valence-corrected chi connectivity index (χ2v) is 18.3. The summed E-state index contributed by atoms with van der Waals surface area (Å²) in [7, 11) is 9.06. The van der Waals surface area contributed by atoms with Gasteiger partial charge in [0.05, 0.1) is 0 Å². The molecule has 5 aliphatic heterocycles. The summed E-state index contributed by atoms with van der Waals surface area (Å²) in [6, 6.07) is 0.902. The van der Waals surface area contributed by atoms with E-state index < -0.39 is 0 Å². The van der Waals surface area contributed by atoms with E-state index in [1.54, 1.807) is 0 Å². The topological polar surface area (TPSA) is 16.2 Å². The highest BCUT2D eigenvalue weighted by Crippen LogP contribution is 2.43. The van der Waals surface area contributed by atoms with Gasteiger partial charge in [-0.15, -0.1) is 0 Å². The highest BCUT2D eigenvalue weighted by molar-refractivity contribution is 4.89. The Morgan fingerprint density at radius 3 is 1.83 bits per heavy atom. The molecule has 0 amide bonds. The predicted octanol–water partition coefficient (Wildman–Crippen LogP) is 8.59. The van der Waals surface area contributed by atoms with E-state index >= 15 is 0 Å². The molecule has 5 atom stereocenters. The molecule has 3 saturated carbocycles. The average Bonchev–Trinajstić information content (AvgIpc) is 3.50. The van der Waals surface area contributed by atoms with Gasteiger partial charge in [-0.1, -0.05) is 65.7 Å². The minimum atomic E-state index is 0.755. The third-order valence-electron chi connectivity index (χ3n) is 13.3. The van der Waals surface area contributed by atoms with Crippen LogP contribution in [0.15, 0.2) is 0 Å². The van der Waals surface area contributed by atoms with Crippen molar-refractivity contribution < 1.29 is 0 Å². The molecule has 5 nitrogen and oxygen atoms in total. The zero-order valence-corrected chi connectivity index (χ0v) is 33.0. The lowest BCUT2D eigenvalue weighted by Gasteiger charge is -2.44.